The van der Waals surface area contributed by atoms with Gasteiger partial charge in [-0.3, -0.25) is 0 Å². The van der Waals surface area contributed by atoms with Crippen molar-refractivity contribution in [2.45, 2.75) is 226 Å². The molecule has 1 heteroatoms. The fraction of sp³-hybridized carbons (Fsp3) is 1.00. The van der Waals surface area contributed by atoms with Gasteiger partial charge in [-0.2, -0.15) is 0 Å². The average molecular weight is 536 g/mol. The second kappa shape index (κ2) is 35.0. The van der Waals surface area contributed by atoms with Crippen LogP contribution in [0.3, 0.4) is 0 Å². The summed E-state index contributed by atoms with van der Waals surface area (Å²) in [5, 5.41) is 0. The Morgan fingerprint density at radius 3 is 0.579 bits per heavy atom. The molecule has 0 aromatic rings. The zero-order valence-corrected chi connectivity index (χ0v) is 27.2. The molecule has 0 spiro atoms. The molecular weight excluding hydrogens is 458 g/mol. The molecule has 0 atom stereocenters. The molecule has 0 bridgehead atoms. The first-order chi connectivity index (χ1) is 18.8. The van der Waals surface area contributed by atoms with E-state index in [1.807, 2.05) is 0 Å². The highest BCUT2D eigenvalue weighted by molar-refractivity contribution is 4.53. The summed E-state index contributed by atoms with van der Waals surface area (Å²) in [6, 6.07) is 0. The summed E-state index contributed by atoms with van der Waals surface area (Å²) in [4.78, 5) is 0. The van der Waals surface area contributed by atoms with Crippen LogP contribution in [0.2, 0.25) is 0 Å². The van der Waals surface area contributed by atoms with Gasteiger partial charge in [0.15, 0.2) is 0 Å². The van der Waals surface area contributed by atoms with Crippen LogP contribution in [-0.2, 0) is 0 Å². The Morgan fingerprint density at radius 2 is 0.421 bits per heavy atom. The topological polar surface area (TPSA) is 26.0 Å². The monoisotopic (exact) mass is 536 g/mol. The minimum atomic E-state index is 0.874. The molecule has 0 aromatic heterocycles. The zero-order chi connectivity index (χ0) is 27.6. The van der Waals surface area contributed by atoms with Crippen LogP contribution in [0.5, 0.6) is 0 Å². The SMILES string of the molecule is CC(C)CCCCCCCCCCCCCCCCCCCCCCCCCCCCCCCCCCN. The predicted molar refractivity (Wildman–Crippen MR) is 176 cm³/mol. The van der Waals surface area contributed by atoms with Crippen molar-refractivity contribution in [1.29, 1.82) is 0 Å². The van der Waals surface area contributed by atoms with Crippen LogP contribution in [0.25, 0.3) is 0 Å². The summed E-state index contributed by atoms with van der Waals surface area (Å²) < 4.78 is 0. The molecule has 0 fully saturated rings. The molecule has 0 saturated carbocycles. The van der Waals surface area contributed by atoms with Crippen molar-refractivity contribution < 1.29 is 0 Å². The molecule has 0 saturated heterocycles. The van der Waals surface area contributed by atoms with Crippen molar-refractivity contribution in [1.82, 2.24) is 0 Å². The Hall–Kier alpha value is -0.0400. The fourth-order valence-electron chi connectivity index (χ4n) is 6.00. The van der Waals surface area contributed by atoms with E-state index in [9.17, 15) is 0 Å². The summed E-state index contributed by atoms with van der Waals surface area (Å²) in [6.07, 6.45) is 48.3. The van der Waals surface area contributed by atoms with Crippen LogP contribution in [0.15, 0.2) is 0 Å². The van der Waals surface area contributed by atoms with E-state index in [2.05, 4.69) is 13.8 Å². The van der Waals surface area contributed by atoms with Crippen molar-refractivity contribution in [3.8, 4) is 0 Å². The lowest BCUT2D eigenvalue weighted by molar-refractivity contribution is 0.500. The van der Waals surface area contributed by atoms with Gasteiger partial charge in [-0.1, -0.05) is 219 Å². The maximum atomic E-state index is 5.55. The van der Waals surface area contributed by atoms with Gasteiger partial charge in [0.1, 0.15) is 0 Å². The average Bonchev–Trinajstić information content (AvgIpc) is 2.91. The second-order valence-corrected chi connectivity index (χ2v) is 13.3. The quantitative estimate of drug-likeness (QED) is 0.0814. The van der Waals surface area contributed by atoms with Gasteiger partial charge >= 0.3 is 0 Å². The molecule has 0 heterocycles. The number of nitrogens with two attached hydrogens (primary N) is 1. The van der Waals surface area contributed by atoms with Gasteiger partial charge in [-0.05, 0) is 18.9 Å². The van der Waals surface area contributed by atoms with Crippen molar-refractivity contribution in [3.05, 3.63) is 0 Å². The molecule has 0 radical (unpaired) electrons. The molecule has 230 valence electrons. The van der Waals surface area contributed by atoms with Crippen LogP contribution in [0, 0.1) is 5.92 Å². The van der Waals surface area contributed by atoms with Gasteiger partial charge in [-0.25, -0.2) is 0 Å². The fourth-order valence-corrected chi connectivity index (χ4v) is 6.00. The van der Waals surface area contributed by atoms with Gasteiger partial charge in [-0.15, -0.1) is 0 Å². The normalized spacial score (nSPS) is 11.7. The van der Waals surface area contributed by atoms with Crippen LogP contribution in [0.4, 0.5) is 0 Å². The second-order valence-electron chi connectivity index (χ2n) is 13.3. The molecule has 2 N–H and O–H groups in total. The van der Waals surface area contributed by atoms with Gasteiger partial charge in [0.2, 0.25) is 0 Å². The van der Waals surface area contributed by atoms with Gasteiger partial charge in [0, 0.05) is 0 Å². The van der Waals surface area contributed by atoms with Crippen molar-refractivity contribution in [3.63, 3.8) is 0 Å². The van der Waals surface area contributed by atoms with E-state index in [1.165, 1.54) is 212 Å². The van der Waals surface area contributed by atoms with Crippen LogP contribution in [0.1, 0.15) is 226 Å². The lowest BCUT2D eigenvalue weighted by atomic mass is 10.0. The minimum absolute atomic E-state index is 0.874. The van der Waals surface area contributed by atoms with Gasteiger partial charge in [0.05, 0.1) is 0 Å². The summed E-state index contributed by atoms with van der Waals surface area (Å²) >= 11 is 0. The van der Waals surface area contributed by atoms with Crippen molar-refractivity contribution in [2.24, 2.45) is 11.7 Å². The first-order valence-corrected chi connectivity index (χ1v) is 18.5. The third-order valence-corrected chi connectivity index (χ3v) is 8.74. The van der Waals surface area contributed by atoms with Crippen LogP contribution < -0.4 is 5.73 Å². The summed E-state index contributed by atoms with van der Waals surface area (Å²) in [5.74, 6) is 0.895. The molecule has 0 unspecified atom stereocenters. The maximum absolute atomic E-state index is 5.55. The predicted octanol–water partition coefficient (Wildman–Crippen LogP) is 13.5. The highest BCUT2D eigenvalue weighted by atomic mass is 14.5. The molecule has 0 aromatic carbocycles. The Morgan fingerprint density at radius 1 is 0.263 bits per heavy atom. The Bertz CT molecular complexity index is 390. The molecule has 0 aliphatic heterocycles. The summed E-state index contributed by atoms with van der Waals surface area (Å²) in [6.45, 7) is 5.57. The molecule has 0 rings (SSSR count). The molecular formula is C37H77N. The lowest BCUT2D eigenvalue weighted by Gasteiger charge is -2.05. The summed E-state index contributed by atoms with van der Waals surface area (Å²) in [5.41, 5.74) is 5.55. The molecule has 0 amide bonds. The van der Waals surface area contributed by atoms with Gasteiger partial charge < -0.3 is 5.73 Å². The third kappa shape index (κ3) is 36.0. The smallest absolute Gasteiger partial charge is 0.00773 e. The van der Waals surface area contributed by atoms with Crippen LogP contribution >= 0.6 is 0 Å². The van der Waals surface area contributed by atoms with Crippen molar-refractivity contribution >= 4 is 0 Å². The largest absolute Gasteiger partial charge is 0.330 e. The number of unbranched alkanes of at least 4 members (excludes halogenated alkanes) is 31. The first kappa shape index (κ1) is 38.0. The Kier molecular flexibility index (Phi) is 35.0. The number of rotatable bonds is 34. The van der Waals surface area contributed by atoms with Gasteiger partial charge in [0.25, 0.3) is 0 Å². The van der Waals surface area contributed by atoms with Crippen molar-refractivity contribution in [2.75, 3.05) is 6.54 Å². The first-order valence-electron chi connectivity index (χ1n) is 18.5. The number of hydrogen-bond donors (Lipinski definition) is 1. The lowest BCUT2D eigenvalue weighted by Crippen LogP contribution is -1.97. The minimum Gasteiger partial charge on any atom is -0.330 e. The highest BCUT2D eigenvalue weighted by Crippen LogP contribution is 2.17. The standard InChI is InChI=1S/C37H77N/c1-37(2)35-33-31-29-27-25-23-21-19-17-15-13-11-9-7-5-3-4-6-8-10-12-14-16-18-20-22-24-26-28-30-32-34-36-38/h37H,3-36,38H2,1-2H3. The number of hydrogen-bond acceptors (Lipinski definition) is 1. The van der Waals surface area contributed by atoms with E-state index >= 15 is 0 Å². The molecule has 0 aliphatic carbocycles. The Labute approximate surface area is 243 Å². The van der Waals surface area contributed by atoms with E-state index in [4.69, 9.17) is 5.73 Å². The molecule has 1 nitrogen and oxygen atoms in total. The van der Waals surface area contributed by atoms with E-state index in [-0.39, 0.29) is 0 Å². The third-order valence-electron chi connectivity index (χ3n) is 8.74. The Balaban J connectivity index is 3.02. The molecule has 38 heavy (non-hydrogen) atoms. The van der Waals surface area contributed by atoms with E-state index < -0.39 is 0 Å². The molecule has 0 aliphatic rings. The van der Waals surface area contributed by atoms with E-state index in [0.29, 0.717) is 0 Å². The summed E-state index contributed by atoms with van der Waals surface area (Å²) in [7, 11) is 0. The zero-order valence-electron chi connectivity index (χ0n) is 27.2. The highest BCUT2D eigenvalue weighted by Gasteiger charge is 1.98. The van der Waals surface area contributed by atoms with Crippen LogP contribution in [-0.4, -0.2) is 6.54 Å². The van der Waals surface area contributed by atoms with E-state index in [1.54, 1.807) is 0 Å². The maximum Gasteiger partial charge on any atom is -0.00773 e. The van der Waals surface area contributed by atoms with E-state index in [0.717, 1.165) is 12.5 Å².